The van der Waals surface area contributed by atoms with Crippen LogP contribution in [0, 0.1) is 0 Å². The van der Waals surface area contributed by atoms with Gasteiger partial charge in [0, 0.05) is 30.7 Å². The van der Waals surface area contributed by atoms with E-state index >= 15 is 0 Å². The molecule has 1 aromatic carbocycles. The molecule has 23 heavy (non-hydrogen) atoms. The summed E-state index contributed by atoms with van der Waals surface area (Å²) in [6, 6.07) is 8.30. The van der Waals surface area contributed by atoms with Crippen LogP contribution in [0.3, 0.4) is 0 Å². The highest BCUT2D eigenvalue weighted by Gasteiger charge is 2.29. The van der Waals surface area contributed by atoms with Crippen LogP contribution in [0.15, 0.2) is 24.3 Å². The summed E-state index contributed by atoms with van der Waals surface area (Å²) in [5.41, 5.74) is 1.17. The molecule has 0 aliphatic carbocycles. The number of benzene rings is 1. The Morgan fingerprint density at radius 1 is 1.22 bits per heavy atom. The van der Waals surface area contributed by atoms with E-state index in [0.717, 1.165) is 19.5 Å². The Bertz CT molecular complexity index is 579. The van der Waals surface area contributed by atoms with E-state index < -0.39 is 0 Å². The first-order valence-electron chi connectivity index (χ1n) is 8.00. The summed E-state index contributed by atoms with van der Waals surface area (Å²) < 4.78 is 0. The molecule has 2 fully saturated rings. The summed E-state index contributed by atoms with van der Waals surface area (Å²) in [4.78, 5) is 26.1. The van der Waals surface area contributed by atoms with Crippen molar-refractivity contribution in [2.75, 3.05) is 25.0 Å². The van der Waals surface area contributed by atoms with Gasteiger partial charge in [-0.2, -0.15) is 0 Å². The van der Waals surface area contributed by atoms with Crippen LogP contribution < -0.4 is 10.6 Å². The minimum atomic E-state index is -0.0496. The van der Waals surface area contributed by atoms with Crippen molar-refractivity contribution in [3.63, 3.8) is 0 Å². The third-order valence-corrected chi connectivity index (χ3v) is 4.56. The SMILES string of the molecule is CC(=O)c1ccccc1NC(=O)CN1CCC2CCC(C1)N2.Cl. The van der Waals surface area contributed by atoms with E-state index in [-0.39, 0.29) is 24.1 Å². The molecule has 126 valence electrons. The second kappa shape index (κ2) is 7.90. The number of nitrogens with one attached hydrogen (secondary N) is 2. The topological polar surface area (TPSA) is 61.4 Å². The predicted octanol–water partition coefficient (Wildman–Crippen LogP) is 2.08. The lowest BCUT2D eigenvalue weighted by Crippen LogP contribution is -2.39. The molecule has 6 heteroatoms. The molecule has 2 N–H and O–H groups in total. The van der Waals surface area contributed by atoms with Crippen molar-refractivity contribution in [2.24, 2.45) is 0 Å². The highest BCUT2D eigenvalue weighted by molar-refractivity contribution is 6.04. The van der Waals surface area contributed by atoms with Gasteiger partial charge in [-0.15, -0.1) is 12.4 Å². The van der Waals surface area contributed by atoms with Crippen LogP contribution in [0.4, 0.5) is 5.69 Å². The maximum atomic E-state index is 12.3. The number of anilines is 1. The number of carbonyl (C=O) groups is 2. The van der Waals surface area contributed by atoms with Gasteiger partial charge in [0.25, 0.3) is 0 Å². The molecular weight excluding hydrogens is 314 g/mol. The number of ketones is 1. The summed E-state index contributed by atoms with van der Waals surface area (Å²) in [5, 5.41) is 6.49. The molecule has 2 atom stereocenters. The first-order valence-corrected chi connectivity index (χ1v) is 8.00. The van der Waals surface area contributed by atoms with Crippen molar-refractivity contribution in [1.82, 2.24) is 10.2 Å². The fourth-order valence-electron chi connectivity index (χ4n) is 3.45. The number of hydrogen-bond acceptors (Lipinski definition) is 4. The normalized spacial score (nSPS) is 23.7. The Morgan fingerprint density at radius 2 is 1.96 bits per heavy atom. The summed E-state index contributed by atoms with van der Waals surface area (Å²) in [6.45, 7) is 3.79. The van der Waals surface area contributed by atoms with Gasteiger partial charge in [-0.3, -0.25) is 14.5 Å². The average Bonchev–Trinajstić information content (AvgIpc) is 2.82. The summed E-state index contributed by atoms with van der Waals surface area (Å²) >= 11 is 0. The molecule has 0 saturated carbocycles. The van der Waals surface area contributed by atoms with Crippen molar-refractivity contribution in [2.45, 2.75) is 38.3 Å². The molecule has 2 saturated heterocycles. The molecule has 0 radical (unpaired) electrons. The third kappa shape index (κ3) is 4.53. The molecule has 0 spiro atoms. The number of carbonyl (C=O) groups excluding carboxylic acids is 2. The van der Waals surface area contributed by atoms with Gasteiger partial charge in [0.1, 0.15) is 0 Å². The van der Waals surface area contributed by atoms with Gasteiger partial charge in [0.2, 0.25) is 5.91 Å². The average molecular weight is 338 g/mol. The largest absolute Gasteiger partial charge is 0.324 e. The zero-order valence-corrected chi connectivity index (χ0v) is 14.2. The fourth-order valence-corrected chi connectivity index (χ4v) is 3.45. The van der Waals surface area contributed by atoms with Gasteiger partial charge in [-0.25, -0.2) is 0 Å². The van der Waals surface area contributed by atoms with Crippen LogP contribution in [-0.2, 0) is 4.79 Å². The summed E-state index contributed by atoms with van der Waals surface area (Å²) in [6.07, 6.45) is 3.57. The molecule has 2 bridgehead atoms. The number of para-hydroxylation sites is 1. The predicted molar refractivity (Wildman–Crippen MR) is 93.3 cm³/mol. The molecule has 0 aromatic heterocycles. The van der Waals surface area contributed by atoms with Gasteiger partial charge >= 0.3 is 0 Å². The molecule has 5 nitrogen and oxygen atoms in total. The monoisotopic (exact) mass is 337 g/mol. The zero-order valence-electron chi connectivity index (χ0n) is 13.4. The molecule has 3 rings (SSSR count). The highest BCUT2D eigenvalue weighted by Crippen LogP contribution is 2.20. The molecule has 1 aromatic rings. The number of likely N-dealkylation sites (tertiary alicyclic amines) is 1. The van der Waals surface area contributed by atoms with Gasteiger partial charge in [0.05, 0.1) is 12.2 Å². The maximum absolute atomic E-state index is 12.3. The van der Waals surface area contributed by atoms with Crippen LogP contribution in [0.25, 0.3) is 0 Å². The minimum absolute atomic E-state index is 0. The Labute approximate surface area is 143 Å². The summed E-state index contributed by atoms with van der Waals surface area (Å²) in [5.74, 6) is -0.0846. The smallest absolute Gasteiger partial charge is 0.238 e. The standard InChI is InChI=1S/C17H23N3O2.ClH/c1-12(21)15-4-2-3-5-16(15)19-17(22)11-20-9-8-13-6-7-14(10-20)18-13;/h2-5,13-14,18H,6-11H2,1H3,(H,19,22);1H. The molecular formula is C17H24ClN3O2. The van der Waals surface area contributed by atoms with Gasteiger partial charge in [0.15, 0.2) is 5.78 Å². The number of amides is 1. The van der Waals surface area contributed by atoms with E-state index in [2.05, 4.69) is 15.5 Å². The van der Waals surface area contributed by atoms with Gasteiger partial charge < -0.3 is 10.6 Å². The molecule has 2 heterocycles. The molecule has 2 aliphatic rings. The number of hydrogen-bond donors (Lipinski definition) is 2. The van der Waals surface area contributed by atoms with E-state index in [0.29, 0.717) is 29.9 Å². The van der Waals surface area contributed by atoms with E-state index in [9.17, 15) is 9.59 Å². The lowest BCUT2D eigenvalue weighted by atomic mass is 10.1. The van der Waals surface area contributed by atoms with Crippen LogP contribution >= 0.6 is 12.4 Å². The third-order valence-electron chi connectivity index (χ3n) is 4.56. The molecule has 2 unspecified atom stereocenters. The number of halogens is 1. The molecule has 2 aliphatic heterocycles. The van der Waals surface area contributed by atoms with Gasteiger partial charge in [-0.05, 0) is 38.3 Å². The van der Waals surface area contributed by atoms with Crippen LogP contribution in [0.5, 0.6) is 0 Å². The molecule has 1 amide bonds. The number of Topliss-reactive ketones (excluding diaryl/α,β-unsaturated/α-hetero) is 1. The number of rotatable bonds is 4. The number of nitrogens with zero attached hydrogens (tertiary/aromatic N) is 1. The van der Waals surface area contributed by atoms with Gasteiger partial charge in [-0.1, -0.05) is 12.1 Å². The Hall–Kier alpha value is -1.43. The first-order chi connectivity index (χ1) is 10.6. The van der Waals surface area contributed by atoms with E-state index in [1.807, 2.05) is 12.1 Å². The number of fused-ring (bicyclic) bond motifs is 2. The van der Waals surface area contributed by atoms with Crippen molar-refractivity contribution >= 4 is 29.8 Å². The van der Waals surface area contributed by atoms with Crippen LogP contribution in [0.1, 0.15) is 36.5 Å². The zero-order chi connectivity index (χ0) is 15.5. The van der Waals surface area contributed by atoms with E-state index in [1.165, 1.54) is 19.8 Å². The lowest BCUT2D eigenvalue weighted by molar-refractivity contribution is -0.117. The van der Waals surface area contributed by atoms with Crippen molar-refractivity contribution in [1.29, 1.82) is 0 Å². The quantitative estimate of drug-likeness (QED) is 0.826. The Morgan fingerprint density at radius 3 is 2.74 bits per heavy atom. The highest BCUT2D eigenvalue weighted by atomic mass is 35.5. The first kappa shape index (κ1) is 17.9. The van der Waals surface area contributed by atoms with E-state index in [1.54, 1.807) is 12.1 Å². The lowest BCUT2D eigenvalue weighted by Gasteiger charge is -2.23. The maximum Gasteiger partial charge on any atom is 0.238 e. The Kier molecular flexibility index (Phi) is 6.16. The van der Waals surface area contributed by atoms with Crippen molar-refractivity contribution < 1.29 is 9.59 Å². The fraction of sp³-hybridized carbons (Fsp3) is 0.529. The second-order valence-corrected chi connectivity index (χ2v) is 6.31. The minimum Gasteiger partial charge on any atom is -0.324 e. The second-order valence-electron chi connectivity index (χ2n) is 6.31. The Balaban J connectivity index is 0.00000192. The van der Waals surface area contributed by atoms with Crippen LogP contribution in [-0.4, -0.2) is 48.3 Å². The van der Waals surface area contributed by atoms with Crippen LogP contribution in [0.2, 0.25) is 0 Å². The summed E-state index contributed by atoms with van der Waals surface area (Å²) in [7, 11) is 0. The van der Waals surface area contributed by atoms with E-state index in [4.69, 9.17) is 0 Å². The van der Waals surface area contributed by atoms with Crippen molar-refractivity contribution in [3.8, 4) is 0 Å². The van der Waals surface area contributed by atoms with Crippen molar-refractivity contribution in [3.05, 3.63) is 29.8 Å².